The molecule has 0 aliphatic heterocycles. The quantitative estimate of drug-likeness (QED) is 0.422. The third-order valence-corrected chi connectivity index (χ3v) is 3.58. The Hall–Kier alpha value is 0.0400. The summed E-state index contributed by atoms with van der Waals surface area (Å²) in [6, 6.07) is 4.44. The highest BCUT2D eigenvalue weighted by Gasteiger charge is 2.73. The molecule has 0 aliphatic carbocycles. The Kier molecular flexibility index (Phi) is 4.89. The zero-order chi connectivity index (χ0) is 15.1. The van der Waals surface area contributed by atoms with Crippen LogP contribution in [-0.2, 0) is 0 Å². The third kappa shape index (κ3) is 3.78. The highest BCUT2D eigenvalue weighted by atomic mass is 79.9. The van der Waals surface area contributed by atoms with Gasteiger partial charge in [0, 0.05) is 19.9 Å². The summed E-state index contributed by atoms with van der Waals surface area (Å²) >= 11 is 4.84. The van der Waals surface area contributed by atoms with E-state index >= 15 is 0 Å². The summed E-state index contributed by atoms with van der Waals surface area (Å²) in [4.78, 5) is -0.466. The molecule has 107 valence electrons. The van der Waals surface area contributed by atoms with E-state index in [1.54, 1.807) is 0 Å². The molecule has 19 heavy (non-hydrogen) atoms. The fraction of sp³-hybridized carbons (Fsp3) is 0.333. The van der Waals surface area contributed by atoms with Gasteiger partial charge in [0.05, 0.1) is 0 Å². The van der Waals surface area contributed by atoms with Gasteiger partial charge in [0.25, 0.3) is 0 Å². The molecule has 1 radical (unpaired) electrons. The molecule has 0 aliphatic rings. The van der Waals surface area contributed by atoms with E-state index in [9.17, 15) is 30.7 Å². The summed E-state index contributed by atoms with van der Waals surface area (Å²) in [5.74, 6) is -6.14. The van der Waals surface area contributed by atoms with E-state index in [2.05, 4.69) is 37.9 Å². The normalized spacial score (nSPS) is 13.7. The van der Waals surface area contributed by atoms with Crippen molar-refractivity contribution in [1.29, 1.82) is 0 Å². The van der Waals surface area contributed by atoms with E-state index in [1.807, 2.05) is 0 Å². The molecule has 0 nitrogen and oxygen atoms in total. The first-order chi connectivity index (χ1) is 8.37. The van der Waals surface area contributed by atoms with Crippen molar-refractivity contribution in [2.75, 3.05) is 0 Å². The summed E-state index contributed by atoms with van der Waals surface area (Å²) in [5.41, 5.74) is 0. The van der Waals surface area contributed by atoms with Gasteiger partial charge in [-0.05, 0) is 23.9 Å². The van der Waals surface area contributed by atoms with Crippen molar-refractivity contribution in [1.82, 2.24) is 0 Å². The predicted molar refractivity (Wildman–Crippen MR) is 62.5 cm³/mol. The molecule has 1 aromatic carbocycles. The maximum atomic E-state index is 13.1. The van der Waals surface area contributed by atoms with E-state index in [0.29, 0.717) is 0 Å². The van der Waals surface area contributed by atoms with Crippen LogP contribution in [0.1, 0.15) is 0 Å². The van der Waals surface area contributed by atoms with Crippen LogP contribution in [-0.4, -0.2) is 17.4 Å². The number of halogens is 9. The van der Waals surface area contributed by atoms with Crippen molar-refractivity contribution < 1.29 is 30.7 Å². The van der Waals surface area contributed by atoms with Crippen LogP contribution in [0.2, 0.25) is 0 Å². The van der Waals surface area contributed by atoms with Gasteiger partial charge in [-0.2, -0.15) is 30.7 Å². The van der Waals surface area contributed by atoms with Crippen LogP contribution in [0.5, 0.6) is 0 Å². The minimum absolute atomic E-state index is 0.135. The van der Waals surface area contributed by atoms with E-state index in [4.69, 9.17) is 0 Å². The largest absolute Gasteiger partial charge is 0.460 e. The Labute approximate surface area is 124 Å². The molecule has 0 amide bonds. The van der Waals surface area contributed by atoms with E-state index in [1.165, 1.54) is 0 Å². The monoisotopic (exact) mass is 433 g/mol. The molecule has 1 rings (SSSR count). The minimum Gasteiger partial charge on any atom is -0.188 e. The van der Waals surface area contributed by atoms with Crippen molar-refractivity contribution in [3.8, 4) is 0 Å². The fourth-order valence-electron chi connectivity index (χ4n) is 0.914. The van der Waals surface area contributed by atoms with Crippen molar-refractivity contribution in [2.45, 2.75) is 22.2 Å². The molecule has 0 N–H and O–H groups in total. The molecule has 0 spiro atoms. The van der Waals surface area contributed by atoms with Crippen LogP contribution in [0.25, 0.3) is 0 Å². The van der Waals surface area contributed by atoms with Gasteiger partial charge in [0.2, 0.25) is 0 Å². The van der Waals surface area contributed by atoms with Gasteiger partial charge in [-0.1, -0.05) is 31.9 Å². The summed E-state index contributed by atoms with van der Waals surface area (Å²) in [6.07, 6.45) is -6.33. The van der Waals surface area contributed by atoms with Crippen LogP contribution in [0.3, 0.4) is 0 Å². The summed E-state index contributed by atoms with van der Waals surface area (Å²) in [7, 11) is 0. The smallest absolute Gasteiger partial charge is 0.188 e. The lowest BCUT2D eigenvalue weighted by atomic mass is 10.3. The number of hydrogen-bond acceptors (Lipinski definition) is 1. The van der Waals surface area contributed by atoms with Crippen molar-refractivity contribution >= 4 is 43.6 Å². The van der Waals surface area contributed by atoms with Gasteiger partial charge in [-0.3, -0.25) is 0 Å². The minimum atomic E-state index is -6.33. The second kappa shape index (κ2) is 5.44. The molecule has 1 aromatic rings. The molecule has 0 unspecified atom stereocenters. The molecule has 0 saturated heterocycles. The van der Waals surface area contributed by atoms with Crippen LogP contribution in [0, 0.1) is 6.07 Å². The van der Waals surface area contributed by atoms with Crippen molar-refractivity contribution in [3.63, 3.8) is 0 Å². The molecule has 10 heteroatoms. The average molecular weight is 435 g/mol. The topological polar surface area (TPSA) is 0 Å². The van der Waals surface area contributed by atoms with E-state index in [-0.39, 0.29) is 8.95 Å². The number of hydrogen-bond donors (Lipinski definition) is 0. The average Bonchev–Trinajstić information content (AvgIpc) is 2.12. The zero-order valence-corrected chi connectivity index (χ0v) is 12.5. The zero-order valence-electron chi connectivity index (χ0n) is 8.46. The van der Waals surface area contributed by atoms with Crippen molar-refractivity contribution in [2.24, 2.45) is 0 Å². The third-order valence-electron chi connectivity index (χ3n) is 1.74. The second-order valence-corrected chi connectivity index (χ2v) is 6.10. The van der Waals surface area contributed by atoms with E-state index < -0.39 is 34.0 Å². The highest BCUT2D eigenvalue weighted by molar-refractivity contribution is 9.11. The maximum Gasteiger partial charge on any atom is 0.460 e. The van der Waals surface area contributed by atoms with Gasteiger partial charge in [0.15, 0.2) is 0 Å². The van der Waals surface area contributed by atoms with Crippen LogP contribution < -0.4 is 0 Å². The van der Waals surface area contributed by atoms with Crippen LogP contribution in [0.4, 0.5) is 30.7 Å². The first-order valence-corrected chi connectivity index (χ1v) is 6.67. The lowest BCUT2D eigenvalue weighted by Crippen LogP contribution is -2.49. The Morgan fingerprint density at radius 2 is 1.32 bits per heavy atom. The summed E-state index contributed by atoms with van der Waals surface area (Å²) in [5, 5.41) is -5.33. The van der Waals surface area contributed by atoms with Crippen LogP contribution >= 0.6 is 43.6 Å². The Morgan fingerprint density at radius 1 is 0.895 bits per heavy atom. The Morgan fingerprint density at radius 3 is 1.68 bits per heavy atom. The van der Waals surface area contributed by atoms with Gasteiger partial charge in [0.1, 0.15) is 0 Å². The molecular formula is C9H2Br2F7S. The number of alkyl halides is 7. The first kappa shape index (κ1) is 17.1. The maximum absolute atomic E-state index is 13.1. The lowest BCUT2D eigenvalue weighted by molar-refractivity contribution is -0.330. The summed E-state index contributed by atoms with van der Waals surface area (Å²) < 4.78 is 87.6. The molecule has 0 bridgehead atoms. The number of rotatable bonds is 3. The van der Waals surface area contributed by atoms with Gasteiger partial charge in [-0.15, -0.1) is 0 Å². The highest BCUT2D eigenvalue weighted by Crippen LogP contribution is 2.54. The molecular weight excluding hydrogens is 433 g/mol. The molecule has 0 saturated carbocycles. The van der Waals surface area contributed by atoms with Crippen LogP contribution in [0.15, 0.2) is 26.0 Å². The summed E-state index contributed by atoms with van der Waals surface area (Å²) in [6.45, 7) is 0. The predicted octanol–water partition coefficient (Wildman–Crippen LogP) is 5.89. The molecule has 0 fully saturated rings. The van der Waals surface area contributed by atoms with Gasteiger partial charge in [-0.25, -0.2) is 0 Å². The standard InChI is InChI=1S/C9H2Br2F7S/c10-4-1-5(11)3-6(2-4)19-9(17,18)7(12,13)8(14,15)16/h2-3H. The SMILES string of the molecule is FC(F)(F)C(F)(F)C(F)(F)Sc1cc(Br)[c]c(Br)c1. The Balaban J connectivity index is 3.09. The Bertz CT molecular complexity index is 452. The number of thioether (sulfide) groups is 1. The number of benzene rings is 1. The van der Waals surface area contributed by atoms with Gasteiger partial charge < -0.3 is 0 Å². The lowest BCUT2D eigenvalue weighted by Gasteiger charge is -2.27. The fourth-order valence-corrected chi connectivity index (χ4v) is 3.30. The van der Waals surface area contributed by atoms with Crippen molar-refractivity contribution in [3.05, 3.63) is 27.1 Å². The first-order valence-electron chi connectivity index (χ1n) is 4.26. The van der Waals surface area contributed by atoms with E-state index in [0.717, 1.165) is 12.1 Å². The second-order valence-electron chi connectivity index (χ2n) is 3.20. The molecule has 0 heterocycles. The molecule has 0 atom stereocenters. The molecule has 0 aromatic heterocycles. The van der Waals surface area contributed by atoms with Gasteiger partial charge >= 0.3 is 17.4 Å².